The number of rotatable bonds is 3. The molecule has 0 unspecified atom stereocenters. The van der Waals surface area contributed by atoms with E-state index in [9.17, 15) is 22.8 Å². The van der Waals surface area contributed by atoms with Crippen molar-refractivity contribution in [3.8, 4) is 0 Å². The van der Waals surface area contributed by atoms with Crippen LogP contribution in [0.25, 0.3) is 0 Å². The number of amides is 2. The summed E-state index contributed by atoms with van der Waals surface area (Å²) in [6.07, 6.45) is -1.67. The standard InChI is InChI=1S/C13H14F3N3O3/c14-13(15,16)11-10(17-5-22-11)12(21)18-7-3-4-8(20)19-9(7)6-1-2-6/h5-7,9H,1-4H2,(H,18,21)(H,19,20)/t7-,9+/m1/s1. The van der Waals surface area contributed by atoms with Crippen LogP contribution in [0.2, 0.25) is 0 Å². The van der Waals surface area contributed by atoms with E-state index >= 15 is 0 Å². The van der Waals surface area contributed by atoms with Crippen molar-refractivity contribution in [3.63, 3.8) is 0 Å². The quantitative estimate of drug-likeness (QED) is 0.884. The minimum absolute atomic E-state index is 0.0974. The van der Waals surface area contributed by atoms with Crippen molar-refractivity contribution >= 4 is 11.8 Å². The summed E-state index contributed by atoms with van der Waals surface area (Å²) in [5.41, 5.74) is -0.779. The maximum absolute atomic E-state index is 12.7. The fourth-order valence-electron chi connectivity index (χ4n) is 2.73. The molecule has 1 aromatic heterocycles. The second-order valence-electron chi connectivity index (χ2n) is 5.58. The molecule has 22 heavy (non-hydrogen) atoms. The topological polar surface area (TPSA) is 84.2 Å². The van der Waals surface area contributed by atoms with Crippen molar-refractivity contribution in [1.29, 1.82) is 0 Å². The zero-order valence-corrected chi connectivity index (χ0v) is 11.4. The summed E-state index contributed by atoms with van der Waals surface area (Å²) in [6, 6.07) is -0.623. The van der Waals surface area contributed by atoms with Crippen LogP contribution in [0.1, 0.15) is 41.9 Å². The Hall–Kier alpha value is -2.06. The molecule has 2 N–H and O–H groups in total. The Bertz CT molecular complexity index is 595. The second kappa shape index (κ2) is 5.29. The average molecular weight is 317 g/mol. The van der Waals surface area contributed by atoms with E-state index in [0.717, 1.165) is 12.8 Å². The summed E-state index contributed by atoms with van der Waals surface area (Å²) in [5.74, 6) is -2.17. The first-order valence-electron chi connectivity index (χ1n) is 6.97. The molecule has 1 saturated heterocycles. The summed E-state index contributed by atoms with van der Waals surface area (Å²) < 4.78 is 42.4. The second-order valence-corrected chi connectivity index (χ2v) is 5.58. The molecule has 1 aliphatic heterocycles. The highest BCUT2D eigenvalue weighted by Gasteiger charge is 2.43. The van der Waals surface area contributed by atoms with Gasteiger partial charge in [-0.1, -0.05) is 0 Å². The minimum Gasteiger partial charge on any atom is -0.438 e. The molecule has 1 aromatic rings. The van der Waals surface area contributed by atoms with E-state index < -0.39 is 29.6 Å². The molecule has 2 aliphatic rings. The van der Waals surface area contributed by atoms with Gasteiger partial charge in [0.1, 0.15) is 0 Å². The van der Waals surface area contributed by atoms with Crippen LogP contribution in [0, 0.1) is 5.92 Å². The van der Waals surface area contributed by atoms with E-state index in [0.29, 0.717) is 12.8 Å². The van der Waals surface area contributed by atoms with Gasteiger partial charge >= 0.3 is 6.18 Å². The number of aromatic nitrogens is 1. The number of halogens is 3. The third kappa shape index (κ3) is 2.93. The van der Waals surface area contributed by atoms with Gasteiger partial charge in [0.05, 0.1) is 12.1 Å². The van der Waals surface area contributed by atoms with Gasteiger partial charge in [0, 0.05) is 6.42 Å². The van der Waals surface area contributed by atoms with Crippen molar-refractivity contribution in [2.75, 3.05) is 0 Å². The molecule has 1 aliphatic carbocycles. The molecule has 2 atom stereocenters. The van der Waals surface area contributed by atoms with Gasteiger partial charge in [-0.25, -0.2) is 4.98 Å². The summed E-state index contributed by atoms with van der Waals surface area (Å²) in [6.45, 7) is 0. The zero-order valence-electron chi connectivity index (χ0n) is 11.4. The molecule has 0 aromatic carbocycles. The Kier molecular flexibility index (Phi) is 3.57. The highest BCUT2D eigenvalue weighted by Crippen LogP contribution is 2.36. The van der Waals surface area contributed by atoms with Crippen LogP contribution in [0.5, 0.6) is 0 Å². The maximum Gasteiger partial charge on any atom is 0.452 e. The molecule has 0 bridgehead atoms. The van der Waals surface area contributed by atoms with E-state index in [2.05, 4.69) is 20.0 Å². The van der Waals surface area contributed by atoms with Crippen LogP contribution in [-0.2, 0) is 11.0 Å². The molecular weight excluding hydrogens is 303 g/mol. The number of oxazole rings is 1. The molecule has 0 radical (unpaired) electrons. The molecule has 6 nitrogen and oxygen atoms in total. The Labute approximate surface area is 123 Å². The fourth-order valence-corrected chi connectivity index (χ4v) is 2.73. The summed E-state index contributed by atoms with van der Waals surface area (Å²) >= 11 is 0. The molecule has 3 rings (SSSR count). The summed E-state index contributed by atoms with van der Waals surface area (Å²) in [5, 5.41) is 5.35. The lowest BCUT2D eigenvalue weighted by atomic mass is 9.94. The number of hydrogen-bond acceptors (Lipinski definition) is 4. The van der Waals surface area contributed by atoms with Gasteiger partial charge in [-0.2, -0.15) is 13.2 Å². The number of hydrogen-bond donors (Lipinski definition) is 2. The molecule has 0 spiro atoms. The van der Waals surface area contributed by atoms with Gasteiger partial charge in [-0.05, 0) is 25.2 Å². The minimum atomic E-state index is -4.78. The van der Waals surface area contributed by atoms with Crippen molar-refractivity contribution in [3.05, 3.63) is 17.8 Å². The van der Waals surface area contributed by atoms with E-state index in [4.69, 9.17) is 0 Å². The third-order valence-electron chi connectivity index (χ3n) is 3.93. The number of nitrogens with zero attached hydrogens (tertiary/aromatic N) is 1. The van der Waals surface area contributed by atoms with Crippen LogP contribution in [0.3, 0.4) is 0 Å². The smallest absolute Gasteiger partial charge is 0.438 e. The molecule has 9 heteroatoms. The molecular formula is C13H14F3N3O3. The van der Waals surface area contributed by atoms with E-state index in [1.807, 2.05) is 0 Å². The number of alkyl halides is 3. The van der Waals surface area contributed by atoms with E-state index in [-0.39, 0.29) is 24.3 Å². The Morgan fingerprint density at radius 1 is 1.36 bits per heavy atom. The van der Waals surface area contributed by atoms with Crippen LogP contribution >= 0.6 is 0 Å². The fraction of sp³-hybridized carbons (Fsp3) is 0.615. The maximum atomic E-state index is 12.7. The first kappa shape index (κ1) is 14.9. The molecule has 120 valence electrons. The summed E-state index contributed by atoms with van der Waals surface area (Å²) in [7, 11) is 0. The SMILES string of the molecule is O=C1CC[C@@H](NC(=O)c2ncoc2C(F)(F)F)[C@H](C2CC2)N1. The number of carbonyl (C=O) groups excluding carboxylic acids is 2. The predicted molar refractivity (Wildman–Crippen MR) is 66.6 cm³/mol. The van der Waals surface area contributed by atoms with E-state index in [1.54, 1.807) is 0 Å². The highest BCUT2D eigenvalue weighted by molar-refractivity contribution is 5.93. The molecule has 2 amide bonds. The highest BCUT2D eigenvalue weighted by atomic mass is 19.4. The van der Waals surface area contributed by atoms with Crippen molar-refractivity contribution < 1.29 is 27.2 Å². The van der Waals surface area contributed by atoms with Crippen LogP contribution in [0.4, 0.5) is 13.2 Å². The van der Waals surface area contributed by atoms with Gasteiger partial charge in [-0.15, -0.1) is 0 Å². The monoisotopic (exact) mass is 317 g/mol. The Balaban J connectivity index is 1.73. The molecule has 2 heterocycles. The molecule has 1 saturated carbocycles. The van der Waals surface area contributed by atoms with Gasteiger partial charge in [0.15, 0.2) is 12.1 Å². The Morgan fingerprint density at radius 2 is 2.09 bits per heavy atom. The molecule has 2 fully saturated rings. The van der Waals surface area contributed by atoms with Crippen LogP contribution in [0.15, 0.2) is 10.8 Å². The lowest BCUT2D eigenvalue weighted by molar-refractivity contribution is -0.153. The van der Waals surface area contributed by atoms with Crippen molar-refractivity contribution in [1.82, 2.24) is 15.6 Å². The zero-order chi connectivity index (χ0) is 15.9. The van der Waals surface area contributed by atoms with Crippen molar-refractivity contribution in [2.24, 2.45) is 5.92 Å². The number of nitrogens with one attached hydrogen (secondary N) is 2. The third-order valence-corrected chi connectivity index (χ3v) is 3.93. The predicted octanol–water partition coefficient (Wildman–Crippen LogP) is 1.48. The van der Waals surface area contributed by atoms with E-state index in [1.165, 1.54) is 0 Å². The lowest BCUT2D eigenvalue weighted by Gasteiger charge is -2.32. The van der Waals surface area contributed by atoms with Gasteiger partial charge in [-0.3, -0.25) is 9.59 Å². The Morgan fingerprint density at radius 3 is 2.73 bits per heavy atom. The number of piperidine rings is 1. The first-order valence-corrected chi connectivity index (χ1v) is 6.97. The number of carbonyl (C=O) groups is 2. The van der Waals surface area contributed by atoms with Gasteiger partial charge in [0.2, 0.25) is 11.7 Å². The van der Waals surface area contributed by atoms with Gasteiger partial charge in [0.25, 0.3) is 5.91 Å². The lowest BCUT2D eigenvalue weighted by Crippen LogP contribution is -2.56. The van der Waals surface area contributed by atoms with Crippen LogP contribution in [-0.4, -0.2) is 28.9 Å². The van der Waals surface area contributed by atoms with Gasteiger partial charge < -0.3 is 15.1 Å². The summed E-state index contributed by atoms with van der Waals surface area (Å²) in [4.78, 5) is 26.9. The average Bonchev–Trinajstić information content (AvgIpc) is 3.14. The first-order chi connectivity index (χ1) is 10.4. The van der Waals surface area contributed by atoms with Crippen LogP contribution < -0.4 is 10.6 Å². The largest absolute Gasteiger partial charge is 0.452 e. The van der Waals surface area contributed by atoms with Crippen molar-refractivity contribution in [2.45, 2.75) is 43.9 Å². The normalized spacial score (nSPS) is 25.7.